The van der Waals surface area contributed by atoms with Crippen LogP contribution in [0, 0.1) is 10.1 Å². The molecule has 2 N–H and O–H groups in total. The van der Waals surface area contributed by atoms with E-state index in [1.807, 2.05) is 12.1 Å². The Morgan fingerprint density at radius 2 is 1.95 bits per heavy atom. The Morgan fingerprint density at radius 1 is 1.18 bits per heavy atom. The third kappa shape index (κ3) is 3.04. The molecule has 0 aliphatic rings. The highest BCUT2D eigenvalue weighted by Crippen LogP contribution is 2.22. The monoisotopic (exact) mass is 315 g/mol. The van der Waals surface area contributed by atoms with Crippen LogP contribution in [0.15, 0.2) is 48.5 Å². The largest absolute Gasteiger partial charge is 0.323 e. The second kappa shape index (κ2) is 5.82. The molecule has 0 spiro atoms. The average Bonchev–Trinajstić information content (AvgIpc) is 2.96. The van der Waals surface area contributed by atoms with Gasteiger partial charge in [0.2, 0.25) is 5.95 Å². The van der Waals surface area contributed by atoms with Gasteiger partial charge in [-0.15, -0.1) is 5.10 Å². The lowest BCUT2D eigenvalue weighted by Gasteiger charge is -2.00. The Balaban J connectivity index is 1.78. The summed E-state index contributed by atoms with van der Waals surface area (Å²) in [6.07, 6.45) is 0. The fourth-order valence-corrected chi connectivity index (χ4v) is 2.07. The number of nitro benzene ring substituents is 1. The summed E-state index contributed by atoms with van der Waals surface area (Å²) in [4.78, 5) is 14.5. The van der Waals surface area contributed by atoms with Gasteiger partial charge in [0.15, 0.2) is 5.82 Å². The lowest BCUT2D eigenvalue weighted by Crippen LogP contribution is -1.93. The summed E-state index contributed by atoms with van der Waals surface area (Å²) in [6, 6.07) is 13.2. The number of nitrogens with one attached hydrogen (secondary N) is 2. The highest BCUT2D eigenvalue weighted by atomic mass is 35.5. The number of hydrogen-bond acceptors (Lipinski definition) is 5. The molecular formula is C14H10ClN5O2. The van der Waals surface area contributed by atoms with Crippen LogP contribution in [-0.4, -0.2) is 20.1 Å². The molecule has 0 fully saturated rings. The number of aromatic amines is 1. The molecule has 1 heterocycles. The van der Waals surface area contributed by atoms with Crippen molar-refractivity contribution in [3.63, 3.8) is 0 Å². The van der Waals surface area contributed by atoms with Gasteiger partial charge in [0.1, 0.15) is 0 Å². The highest BCUT2D eigenvalue weighted by molar-refractivity contribution is 6.30. The molecule has 0 aliphatic carbocycles. The van der Waals surface area contributed by atoms with E-state index >= 15 is 0 Å². The Morgan fingerprint density at radius 3 is 2.64 bits per heavy atom. The Hall–Kier alpha value is -2.93. The standard InChI is InChI=1S/C14H10ClN5O2/c15-10-3-1-2-9(8-10)13-17-14(19-18-13)16-11-4-6-12(7-5-11)20(21)22/h1-8H,(H2,16,17,18,19). The van der Waals surface area contributed by atoms with E-state index in [0.29, 0.717) is 22.5 Å². The third-order valence-electron chi connectivity index (χ3n) is 2.92. The third-order valence-corrected chi connectivity index (χ3v) is 3.15. The van der Waals surface area contributed by atoms with Crippen molar-refractivity contribution in [2.75, 3.05) is 5.32 Å². The van der Waals surface area contributed by atoms with Crippen LogP contribution in [0.25, 0.3) is 11.4 Å². The first-order valence-electron chi connectivity index (χ1n) is 6.31. The van der Waals surface area contributed by atoms with E-state index < -0.39 is 4.92 Å². The number of non-ortho nitro benzene ring substituents is 1. The van der Waals surface area contributed by atoms with Crippen LogP contribution in [0.5, 0.6) is 0 Å². The molecule has 0 unspecified atom stereocenters. The summed E-state index contributed by atoms with van der Waals surface area (Å²) >= 11 is 5.94. The van der Waals surface area contributed by atoms with Crippen molar-refractivity contribution >= 4 is 28.9 Å². The fraction of sp³-hybridized carbons (Fsp3) is 0. The Bertz CT molecular complexity index is 816. The first kappa shape index (κ1) is 14.0. The van der Waals surface area contributed by atoms with Crippen molar-refractivity contribution in [3.05, 3.63) is 63.7 Å². The van der Waals surface area contributed by atoms with Crippen LogP contribution in [-0.2, 0) is 0 Å². The van der Waals surface area contributed by atoms with Crippen molar-refractivity contribution in [2.24, 2.45) is 0 Å². The maximum atomic E-state index is 10.6. The van der Waals surface area contributed by atoms with Crippen molar-refractivity contribution in [2.45, 2.75) is 0 Å². The quantitative estimate of drug-likeness (QED) is 0.564. The van der Waals surface area contributed by atoms with Gasteiger partial charge in [-0.2, -0.15) is 4.98 Å². The van der Waals surface area contributed by atoms with E-state index in [2.05, 4.69) is 20.5 Å². The van der Waals surface area contributed by atoms with Gasteiger partial charge in [-0.1, -0.05) is 23.7 Å². The van der Waals surface area contributed by atoms with E-state index in [9.17, 15) is 10.1 Å². The number of aromatic nitrogens is 3. The van der Waals surface area contributed by atoms with E-state index in [1.165, 1.54) is 12.1 Å². The number of nitro groups is 1. The predicted octanol–water partition coefficient (Wildman–Crippen LogP) is 3.78. The average molecular weight is 316 g/mol. The molecule has 0 saturated heterocycles. The number of nitrogens with zero attached hydrogens (tertiary/aromatic N) is 3. The summed E-state index contributed by atoms with van der Waals surface area (Å²) < 4.78 is 0. The number of anilines is 2. The molecule has 22 heavy (non-hydrogen) atoms. The minimum Gasteiger partial charge on any atom is -0.323 e. The minimum absolute atomic E-state index is 0.0279. The lowest BCUT2D eigenvalue weighted by atomic mass is 10.2. The van der Waals surface area contributed by atoms with Crippen LogP contribution in [0.3, 0.4) is 0 Å². The van der Waals surface area contributed by atoms with Crippen molar-refractivity contribution in [1.82, 2.24) is 15.2 Å². The van der Waals surface area contributed by atoms with Gasteiger partial charge < -0.3 is 5.32 Å². The van der Waals surface area contributed by atoms with Crippen molar-refractivity contribution < 1.29 is 4.92 Å². The molecule has 3 aromatic rings. The zero-order valence-corrected chi connectivity index (χ0v) is 11.9. The van der Waals surface area contributed by atoms with Crippen LogP contribution in [0.2, 0.25) is 5.02 Å². The predicted molar refractivity (Wildman–Crippen MR) is 83.2 cm³/mol. The molecule has 0 amide bonds. The van der Waals surface area contributed by atoms with Gasteiger partial charge in [0, 0.05) is 28.4 Å². The van der Waals surface area contributed by atoms with Gasteiger partial charge >= 0.3 is 0 Å². The SMILES string of the molecule is O=[N+]([O-])c1ccc(Nc2n[nH]c(-c3cccc(Cl)c3)n2)cc1. The summed E-state index contributed by atoms with van der Waals surface area (Å²) in [5, 5.41) is 21.0. The summed E-state index contributed by atoms with van der Waals surface area (Å²) in [6.45, 7) is 0. The van der Waals surface area contributed by atoms with E-state index in [1.54, 1.807) is 24.3 Å². The molecule has 0 atom stereocenters. The molecule has 2 aromatic carbocycles. The van der Waals surface area contributed by atoms with Crippen LogP contribution in [0.4, 0.5) is 17.3 Å². The molecule has 3 rings (SSSR count). The van der Waals surface area contributed by atoms with E-state index in [0.717, 1.165) is 5.56 Å². The fourth-order valence-electron chi connectivity index (χ4n) is 1.88. The summed E-state index contributed by atoms with van der Waals surface area (Å²) in [7, 11) is 0. The molecule has 8 heteroatoms. The van der Waals surface area contributed by atoms with Crippen LogP contribution >= 0.6 is 11.6 Å². The summed E-state index contributed by atoms with van der Waals surface area (Å²) in [5.74, 6) is 0.941. The number of hydrogen-bond donors (Lipinski definition) is 2. The normalized spacial score (nSPS) is 10.4. The molecular weight excluding hydrogens is 306 g/mol. The van der Waals surface area contributed by atoms with Gasteiger partial charge in [0.05, 0.1) is 4.92 Å². The van der Waals surface area contributed by atoms with Gasteiger partial charge in [-0.25, -0.2) is 0 Å². The topological polar surface area (TPSA) is 96.7 Å². The second-order valence-corrected chi connectivity index (χ2v) is 4.88. The van der Waals surface area contributed by atoms with Crippen molar-refractivity contribution in [3.8, 4) is 11.4 Å². The first-order chi connectivity index (χ1) is 10.6. The maximum absolute atomic E-state index is 10.6. The molecule has 110 valence electrons. The maximum Gasteiger partial charge on any atom is 0.269 e. The Labute approximate surface area is 130 Å². The molecule has 0 aliphatic heterocycles. The number of benzene rings is 2. The highest BCUT2D eigenvalue weighted by Gasteiger charge is 2.08. The van der Waals surface area contributed by atoms with E-state index in [-0.39, 0.29) is 5.69 Å². The van der Waals surface area contributed by atoms with Gasteiger partial charge in [-0.05, 0) is 24.3 Å². The molecule has 7 nitrogen and oxygen atoms in total. The molecule has 1 aromatic heterocycles. The first-order valence-corrected chi connectivity index (χ1v) is 6.69. The van der Waals surface area contributed by atoms with Gasteiger partial charge in [-0.3, -0.25) is 15.2 Å². The molecule has 0 bridgehead atoms. The zero-order valence-electron chi connectivity index (χ0n) is 11.2. The Kier molecular flexibility index (Phi) is 3.71. The molecule has 0 radical (unpaired) electrons. The number of H-pyrrole nitrogens is 1. The van der Waals surface area contributed by atoms with Crippen LogP contribution < -0.4 is 5.32 Å². The van der Waals surface area contributed by atoms with Crippen molar-refractivity contribution in [1.29, 1.82) is 0 Å². The number of halogens is 1. The minimum atomic E-state index is -0.451. The zero-order chi connectivity index (χ0) is 15.5. The second-order valence-electron chi connectivity index (χ2n) is 4.45. The summed E-state index contributed by atoms with van der Waals surface area (Å²) in [5.41, 5.74) is 1.50. The van der Waals surface area contributed by atoms with Gasteiger partial charge in [0.25, 0.3) is 5.69 Å². The smallest absolute Gasteiger partial charge is 0.269 e. The number of rotatable bonds is 4. The molecule has 0 saturated carbocycles. The van der Waals surface area contributed by atoms with Crippen LogP contribution in [0.1, 0.15) is 0 Å². The lowest BCUT2D eigenvalue weighted by molar-refractivity contribution is -0.384. The van der Waals surface area contributed by atoms with E-state index in [4.69, 9.17) is 11.6 Å².